The molecule has 0 aromatic heterocycles. The molecule has 1 heterocycles. The summed E-state index contributed by atoms with van der Waals surface area (Å²) in [4.78, 5) is 13.8. The van der Waals surface area contributed by atoms with E-state index in [1.54, 1.807) is 11.8 Å². The summed E-state index contributed by atoms with van der Waals surface area (Å²) >= 11 is 7.80. The minimum absolute atomic E-state index is 0.00917. The molecule has 0 fully saturated rings. The molecule has 1 aliphatic heterocycles. The van der Waals surface area contributed by atoms with Crippen LogP contribution in [-0.2, 0) is 4.79 Å². The number of carbonyl (C=O) groups is 1. The fourth-order valence-corrected chi connectivity index (χ4v) is 3.47. The number of hydrogen-bond donors (Lipinski definition) is 1. The van der Waals surface area contributed by atoms with Crippen LogP contribution in [0.5, 0.6) is 0 Å². The van der Waals surface area contributed by atoms with Gasteiger partial charge < -0.3 is 10.0 Å². The maximum Gasteiger partial charge on any atom is 0.305 e. The molecule has 0 radical (unpaired) electrons. The molecule has 86 valence electrons. The van der Waals surface area contributed by atoms with Gasteiger partial charge in [0.15, 0.2) is 0 Å². The van der Waals surface area contributed by atoms with Crippen molar-refractivity contribution in [3.8, 4) is 0 Å². The zero-order valence-electron chi connectivity index (χ0n) is 8.81. The molecule has 0 amide bonds. The number of carboxylic acids is 1. The number of anilines is 1. The van der Waals surface area contributed by atoms with Gasteiger partial charge in [-0.3, -0.25) is 4.79 Å². The lowest BCUT2D eigenvalue weighted by atomic mass is 10.1. The molecule has 1 aromatic rings. The highest BCUT2D eigenvalue weighted by atomic mass is 35.5. The lowest BCUT2D eigenvalue weighted by Gasteiger charge is -2.35. The van der Waals surface area contributed by atoms with Gasteiger partial charge in [0.05, 0.1) is 17.1 Å². The van der Waals surface area contributed by atoms with Crippen molar-refractivity contribution in [1.82, 2.24) is 0 Å². The number of fused-ring (bicyclic) bond motifs is 1. The predicted molar refractivity (Wildman–Crippen MR) is 66.6 cm³/mol. The van der Waals surface area contributed by atoms with Crippen LogP contribution in [0.3, 0.4) is 0 Å². The van der Waals surface area contributed by atoms with Gasteiger partial charge in [-0.1, -0.05) is 17.7 Å². The number of carboxylic acid groups (broad SMARTS) is 1. The highest BCUT2D eigenvalue weighted by Gasteiger charge is 2.27. The average molecular weight is 258 g/mol. The van der Waals surface area contributed by atoms with Crippen LogP contribution in [0.2, 0.25) is 5.02 Å². The van der Waals surface area contributed by atoms with Crippen molar-refractivity contribution in [3.05, 3.63) is 23.2 Å². The van der Waals surface area contributed by atoms with E-state index in [0.717, 1.165) is 16.3 Å². The van der Waals surface area contributed by atoms with Crippen molar-refractivity contribution in [2.24, 2.45) is 0 Å². The van der Waals surface area contributed by atoms with Crippen molar-refractivity contribution in [2.45, 2.75) is 17.4 Å². The lowest BCUT2D eigenvalue weighted by Crippen LogP contribution is -2.38. The van der Waals surface area contributed by atoms with Crippen LogP contribution in [0.15, 0.2) is 23.1 Å². The van der Waals surface area contributed by atoms with Crippen LogP contribution in [-0.4, -0.2) is 29.9 Å². The summed E-state index contributed by atoms with van der Waals surface area (Å²) in [5.74, 6) is 0.0174. The van der Waals surface area contributed by atoms with E-state index >= 15 is 0 Å². The maximum absolute atomic E-state index is 10.7. The first-order chi connectivity index (χ1) is 7.59. The highest BCUT2D eigenvalue weighted by Crippen LogP contribution is 2.41. The predicted octanol–water partition coefficient (Wildman–Crippen LogP) is 2.73. The highest BCUT2D eigenvalue weighted by molar-refractivity contribution is 7.99. The number of benzene rings is 1. The van der Waals surface area contributed by atoms with E-state index in [1.807, 2.05) is 30.1 Å². The van der Waals surface area contributed by atoms with Crippen molar-refractivity contribution >= 4 is 35.0 Å². The van der Waals surface area contributed by atoms with Gasteiger partial charge in [0.1, 0.15) is 0 Å². The fourth-order valence-electron chi connectivity index (χ4n) is 1.83. The van der Waals surface area contributed by atoms with E-state index in [4.69, 9.17) is 16.7 Å². The monoisotopic (exact) mass is 257 g/mol. The van der Waals surface area contributed by atoms with Crippen molar-refractivity contribution < 1.29 is 9.90 Å². The van der Waals surface area contributed by atoms with Gasteiger partial charge in [0.25, 0.3) is 0 Å². The Hall–Kier alpha value is -0.870. The zero-order chi connectivity index (χ0) is 11.7. The largest absolute Gasteiger partial charge is 0.481 e. The minimum atomic E-state index is -0.770. The van der Waals surface area contributed by atoms with Crippen LogP contribution in [0.25, 0.3) is 0 Å². The summed E-state index contributed by atoms with van der Waals surface area (Å²) in [7, 11) is 1.90. The van der Waals surface area contributed by atoms with Crippen LogP contribution >= 0.6 is 23.4 Å². The molecule has 3 nitrogen and oxygen atoms in total. The first kappa shape index (κ1) is 11.6. The first-order valence-electron chi connectivity index (χ1n) is 4.95. The van der Waals surface area contributed by atoms with E-state index < -0.39 is 5.97 Å². The number of thioether (sulfide) groups is 1. The van der Waals surface area contributed by atoms with Gasteiger partial charge in [0.2, 0.25) is 0 Å². The Kier molecular flexibility index (Phi) is 3.30. The van der Waals surface area contributed by atoms with Gasteiger partial charge in [-0.15, -0.1) is 11.8 Å². The second-order valence-electron chi connectivity index (χ2n) is 3.76. The third-order valence-corrected chi connectivity index (χ3v) is 4.19. The second-order valence-corrected chi connectivity index (χ2v) is 5.23. The van der Waals surface area contributed by atoms with Crippen LogP contribution in [0, 0.1) is 0 Å². The second kappa shape index (κ2) is 4.55. The number of aliphatic carboxylic acids is 1. The topological polar surface area (TPSA) is 40.5 Å². The summed E-state index contributed by atoms with van der Waals surface area (Å²) < 4.78 is 0. The Morgan fingerprint density at radius 3 is 3.12 bits per heavy atom. The molecular formula is C11H12ClNO2S. The number of halogens is 1. The molecule has 5 heteroatoms. The molecule has 1 unspecified atom stereocenters. The molecule has 1 aliphatic rings. The number of nitrogens with zero attached hydrogens (tertiary/aromatic N) is 1. The Morgan fingerprint density at radius 1 is 1.69 bits per heavy atom. The molecular weight excluding hydrogens is 246 g/mol. The van der Waals surface area contributed by atoms with Crippen molar-refractivity contribution in [3.63, 3.8) is 0 Å². The molecule has 1 N–H and O–H groups in total. The summed E-state index contributed by atoms with van der Waals surface area (Å²) in [6, 6.07) is 5.77. The third-order valence-electron chi connectivity index (χ3n) is 2.69. The van der Waals surface area contributed by atoms with Crippen molar-refractivity contribution in [2.75, 3.05) is 17.7 Å². The smallest absolute Gasteiger partial charge is 0.305 e. The van der Waals surface area contributed by atoms with E-state index in [2.05, 4.69) is 0 Å². The fraction of sp³-hybridized carbons (Fsp3) is 0.364. The number of para-hydroxylation sites is 1. The Balaban J connectivity index is 2.30. The number of rotatable bonds is 2. The van der Waals surface area contributed by atoms with Crippen LogP contribution in [0.4, 0.5) is 5.69 Å². The minimum Gasteiger partial charge on any atom is -0.481 e. The Labute approximate surface area is 103 Å². The van der Waals surface area contributed by atoms with E-state index in [0.29, 0.717) is 5.02 Å². The number of hydrogen-bond acceptors (Lipinski definition) is 3. The molecule has 0 saturated carbocycles. The van der Waals surface area contributed by atoms with E-state index in [-0.39, 0.29) is 12.5 Å². The van der Waals surface area contributed by atoms with Gasteiger partial charge >= 0.3 is 5.97 Å². The molecule has 0 aliphatic carbocycles. The molecule has 1 atom stereocenters. The van der Waals surface area contributed by atoms with Gasteiger partial charge in [-0.25, -0.2) is 0 Å². The third kappa shape index (κ3) is 2.13. The Morgan fingerprint density at radius 2 is 2.44 bits per heavy atom. The molecule has 0 spiro atoms. The zero-order valence-corrected chi connectivity index (χ0v) is 10.4. The molecule has 0 saturated heterocycles. The van der Waals surface area contributed by atoms with Crippen molar-refractivity contribution in [1.29, 1.82) is 0 Å². The van der Waals surface area contributed by atoms with Gasteiger partial charge in [-0.2, -0.15) is 0 Å². The van der Waals surface area contributed by atoms with E-state index in [1.165, 1.54) is 0 Å². The molecule has 1 aromatic carbocycles. The quantitative estimate of drug-likeness (QED) is 0.885. The summed E-state index contributed by atoms with van der Waals surface area (Å²) in [6.07, 6.45) is 0.147. The van der Waals surface area contributed by atoms with Gasteiger partial charge in [-0.05, 0) is 12.1 Å². The summed E-state index contributed by atoms with van der Waals surface area (Å²) in [6.45, 7) is 0. The normalized spacial score (nSPS) is 19.4. The molecule has 2 rings (SSSR count). The summed E-state index contributed by atoms with van der Waals surface area (Å²) in [5, 5.41) is 9.51. The van der Waals surface area contributed by atoms with E-state index in [9.17, 15) is 4.79 Å². The maximum atomic E-state index is 10.7. The first-order valence-corrected chi connectivity index (χ1v) is 6.32. The standard InChI is InChI=1S/C11H12ClNO2S/c1-13-7(5-10(14)15)6-16-9-4-2-3-8(12)11(9)13/h2-4,7H,5-6H2,1H3,(H,14,15). The molecule has 0 bridgehead atoms. The Bertz CT molecular complexity index is 424. The van der Waals surface area contributed by atoms with Gasteiger partial charge in [0, 0.05) is 23.7 Å². The molecule has 16 heavy (non-hydrogen) atoms. The lowest BCUT2D eigenvalue weighted by molar-refractivity contribution is -0.137. The summed E-state index contributed by atoms with van der Waals surface area (Å²) in [5.41, 5.74) is 0.951. The SMILES string of the molecule is CN1c2c(Cl)cccc2SCC1CC(=O)O. The van der Waals surface area contributed by atoms with Crippen LogP contribution in [0.1, 0.15) is 6.42 Å². The van der Waals surface area contributed by atoms with Crippen LogP contribution < -0.4 is 4.90 Å². The average Bonchev–Trinajstić information content (AvgIpc) is 2.22.